The zero-order valence-electron chi connectivity index (χ0n) is 8.63. The second-order valence-electron chi connectivity index (χ2n) is 3.49. The van der Waals surface area contributed by atoms with Gasteiger partial charge in [-0.15, -0.1) is 0 Å². The number of alkyl halides is 1. The van der Waals surface area contributed by atoms with E-state index in [4.69, 9.17) is 0 Å². The van der Waals surface area contributed by atoms with Gasteiger partial charge in [-0.1, -0.05) is 57.8 Å². The molecule has 0 fully saturated rings. The summed E-state index contributed by atoms with van der Waals surface area (Å²) < 4.78 is 1.15. The summed E-state index contributed by atoms with van der Waals surface area (Å²) in [6, 6.07) is 8.66. The van der Waals surface area contributed by atoms with Crippen LogP contribution < -0.4 is 0 Å². The molecular formula is C12H16Br2. The van der Waals surface area contributed by atoms with Crippen molar-refractivity contribution < 1.29 is 0 Å². The Morgan fingerprint density at radius 3 is 2.07 bits per heavy atom. The quantitative estimate of drug-likeness (QED) is 0.676. The topological polar surface area (TPSA) is 0 Å². The molecule has 0 heterocycles. The van der Waals surface area contributed by atoms with E-state index in [1.807, 2.05) is 0 Å². The summed E-state index contributed by atoms with van der Waals surface area (Å²) in [6.07, 6.45) is 2.36. The molecular weight excluding hydrogens is 304 g/mol. The zero-order valence-corrected chi connectivity index (χ0v) is 11.8. The number of hydrogen-bond donors (Lipinski definition) is 0. The molecule has 0 spiro atoms. The van der Waals surface area contributed by atoms with Crippen LogP contribution in [-0.4, -0.2) is 4.83 Å². The molecule has 0 aliphatic heterocycles. The minimum atomic E-state index is 0.591. The van der Waals surface area contributed by atoms with Gasteiger partial charge in [0.25, 0.3) is 0 Å². The molecule has 14 heavy (non-hydrogen) atoms. The Morgan fingerprint density at radius 1 is 1.07 bits per heavy atom. The summed E-state index contributed by atoms with van der Waals surface area (Å²) >= 11 is 7.21. The maximum atomic E-state index is 3.75. The van der Waals surface area contributed by atoms with Crippen LogP contribution in [0.2, 0.25) is 0 Å². The molecule has 0 N–H and O–H groups in total. The first-order chi connectivity index (χ1) is 6.69. The van der Waals surface area contributed by atoms with Crippen LogP contribution in [0.4, 0.5) is 0 Å². The lowest BCUT2D eigenvalue weighted by Gasteiger charge is -2.20. The maximum absolute atomic E-state index is 3.75. The predicted octanol–water partition coefficient (Wildman–Crippen LogP) is 5.12. The highest BCUT2D eigenvalue weighted by Crippen LogP contribution is 2.30. The summed E-state index contributed by atoms with van der Waals surface area (Å²) in [6.45, 7) is 4.47. The van der Waals surface area contributed by atoms with Crippen molar-refractivity contribution in [1.82, 2.24) is 0 Å². The highest BCUT2D eigenvalue weighted by Gasteiger charge is 2.16. The van der Waals surface area contributed by atoms with Gasteiger partial charge < -0.3 is 0 Å². The van der Waals surface area contributed by atoms with Crippen molar-refractivity contribution in [2.45, 2.75) is 37.4 Å². The highest BCUT2D eigenvalue weighted by atomic mass is 79.9. The van der Waals surface area contributed by atoms with E-state index in [1.165, 1.54) is 18.4 Å². The molecule has 2 heteroatoms. The average Bonchev–Trinajstić information content (AvgIpc) is 2.21. The van der Waals surface area contributed by atoms with Crippen molar-refractivity contribution in [3.05, 3.63) is 34.3 Å². The fraction of sp³-hybridized carbons (Fsp3) is 0.500. The van der Waals surface area contributed by atoms with Crippen molar-refractivity contribution in [3.8, 4) is 0 Å². The Morgan fingerprint density at radius 2 is 1.64 bits per heavy atom. The Bertz CT molecular complexity index is 266. The fourth-order valence-corrected chi connectivity index (χ4v) is 2.64. The van der Waals surface area contributed by atoms with Crippen LogP contribution in [0, 0.1) is 0 Å². The molecule has 0 aliphatic carbocycles. The average molecular weight is 320 g/mol. The molecule has 0 amide bonds. The van der Waals surface area contributed by atoms with Gasteiger partial charge in [-0.2, -0.15) is 0 Å². The molecule has 0 aromatic heterocycles. The molecule has 1 aromatic rings. The molecule has 2 unspecified atom stereocenters. The third kappa shape index (κ3) is 3.09. The van der Waals surface area contributed by atoms with Crippen molar-refractivity contribution in [3.63, 3.8) is 0 Å². The second-order valence-corrected chi connectivity index (χ2v) is 5.58. The first-order valence-electron chi connectivity index (χ1n) is 5.08. The van der Waals surface area contributed by atoms with E-state index in [2.05, 4.69) is 70.0 Å². The number of halogens is 2. The van der Waals surface area contributed by atoms with Gasteiger partial charge in [0.05, 0.1) is 0 Å². The summed E-state index contributed by atoms with van der Waals surface area (Å²) in [5, 5.41) is 0. The number of hydrogen-bond acceptors (Lipinski definition) is 0. The number of benzene rings is 1. The van der Waals surface area contributed by atoms with Crippen LogP contribution in [0.5, 0.6) is 0 Å². The third-order valence-corrected chi connectivity index (χ3v) is 4.38. The lowest BCUT2D eigenvalue weighted by molar-refractivity contribution is 0.620. The molecule has 0 saturated carbocycles. The summed E-state index contributed by atoms with van der Waals surface area (Å²) in [7, 11) is 0. The Hall–Kier alpha value is 0.180. The number of rotatable bonds is 4. The van der Waals surface area contributed by atoms with Crippen LogP contribution in [-0.2, 0) is 0 Å². The third-order valence-electron chi connectivity index (χ3n) is 2.56. The van der Waals surface area contributed by atoms with Gasteiger partial charge in [-0.25, -0.2) is 0 Å². The molecule has 2 atom stereocenters. The summed E-state index contributed by atoms with van der Waals surface area (Å²) in [5.41, 5.74) is 1.43. The molecule has 0 radical (unpaired) electrons. The van der Waals surface area contributed by atoms with E-state index in [0.717, 1.165) is 4.47 Å². The lowest BCUT2D eigenvalue weighted by atomic mass is 9.92. The zero-order chi connectivity index (χ0) is 10.6. The molecule has 0 bridgehead atoms. The van der Waals surface area contributed by atoms with E-state index >= 15 is 0 Å². The van der Waals surface area contributed by atoms with Crippen LogP contribution in [0.3, 0.4) is 0 Å². The molecule has 1 aromatic carbocycles. The Balaban J connectivity index is 2.84. The lowest BCUT2D eigenvalue weighted by Crippen LogP contribution is -2.10. The minimum absolute atomic E-state index is 0.591. The first-order valence-corrected chi connectivity index (χ1v) is 6.79. The van der Waals surface area contributed by atoms with Crippen LogP contribution in [0.1, 0.15) is 38.2 Å². The van der Waals surface area contributed by atoms with E-state index in [9.17, 15) is 0 Å². The van der Waals surface area contributed by atoms with E-state index < -0.39 is 0 Å². The monoisotopic (exact) mass is 318 g/mol. The van der Waals surface area contributed by atoms with Crippen molar-refractivity contribution in [2.24, 2.45) is 0 Å². The van der Waals surface area contributed by atoms with Crippen molar-refractivity contribution >= 4 is 31.9 Å². The standard InChI is InChI=1S/C12H16Br2/c1-3-11(12(14)4-2)9-5-7-10(13)8-6-9/h5-8,11-12H,3-4H2,1-2H3. The molecule has 78 valence electrons. The second kappa shape index (κ2) is 5.92. The summed E-state index contributed by atoms with van der Waals surface area (Å²) in [5.74, 6) is 0.632. The smallest absolute Gasteiger partial charge is 0.0211 e. The highest BCUT2D eigenvalue weighted by molar-refractivity contribution is 9.10. The predicted molar refractivity (Wildman–Crippen MR) is 70.2 cm³/mol. The SMILES string of the molecule is CCC(Br)C(CC)c1ccc(Br)cc1. The van der Waals surface area contributed by atoms with Gasteiger partial charge in [0.1, 0.15) is 0 Å². The van der Waals surface area contributed by atoms with Crippen molar-refractivity contribution in [1.29, 1.82) is 0 Å². The molecule has 0 nitrogen and oxygen atoms in total. The van der Waals surface area contributed by atoms with Crippen molar-refractivity contribution in [2.75, 3.05) is 0 Å². The van der Waals surface area contributed by atoms with Gasteiger partial charge >= 0.3 is 0 Å². The minimum Gasteiger partial charge on any atom is -0.0884 e. The largest absolute Gasteiger partial charge is 0.0884 e. The molecule has 0 aliphatic rings. The molecule has 1 rings (SSSR count). The van der Waals surface area contributed by atoms with E-state index in [-0.39, 0.29) is 0 Å². The van der Waals surface area contributed by atoms with E-state index in [1.54, 1.807) is 0 Å². The molecule has 0 saturated heterocycles. The van der Waals surface area contributed by atoms with Gasteiger partial charge in [-0.05, 0) is 36.5 Å². The summed E-state index contributed by atoms with van der Waals surface area (Å²) in [4.78, 5) is 0.591. The Kier molecular flexibility index (Phi) is 5.18. The van der Waals surface area contributed by atoms with Gasteiger partial charge in [0.2, 0.25) is 0 Å². The van der Waals surface area contributed by atoms with Gasteiger partial charge in [-0.3, -0.25) is 0 Å². The fourth-order valence-electron chi connectivity index (χ4n) is 1.69. The van der Waals surface area contributed by atoms with Crippen LogP contribution >= 0.6 is 31.9 Å². The van der Waals surface area contributed by atoms with Gasteiger partial charge in [0.15, 0.2) is 0 Å². The van der Waals surface area contributed by atoms with E-state index in [0.29, 0.717) is 10.7 Å². The van der Waals surface area contributed by atoms with Crippen LogP contribution in [0.25, 0.3) is 0 Å². The maximum Gasteiger partial charge on any atom is 0.0211 e. The first kappa shape index (κ1) is 12.3. The van der Waals surface area contributed by atoms with Gasteiger partial charge in [0, 0.05) is 9.30 Å². The van der Waals surface area contributed by atoms with Crippen LogP contribution in [0.15, 0.2) is 28.7 Å². The Labute approximate surface area is 103 Å². The normalized spacial score (nSPS) is 15.1.